The number of carboxylic acid groups (broad SMARTS) is 1. The van der Waals surface area contributed by atoms with Gasteiger partial charge in [0.05, 0.1) is 18.3 Å². The molecule has 9 nitrogen and oxygen atoms in total. The highest BCUT2D eigenvalue weighted by Crippen LogP contribution is 2.09. The van der Waals surface area contributed by atoms with Crippen molar-refractivity contribution < 1.29 is 19.8 Å². The van der Waals surface area contributed by atoms with Crippen LogP contribution in [0.5, 0.6) is 0 Å². The lowest BCUT2D eigenvalue weighted by atomic mass is 10.2. The Morgan fingerprint density at radius 2 is 2.26 bits per heavy atom. The molecule has 1 aromatic heterocycles. The predicted molar refractivity (Wildman–Crippen MR) is 62.5 cm³/mol. The van der Waals surface area contributed by atoms with Gasteiger partial charge in [0.2, 0.25) is 0 Å². The van der Waals surface area contributed by atoms with E-state index >= 15 is 0 Å². The summed E-state index contributed by atoms with van der Waals surface area (Å²) in [5, 5.41) is 30.9. The van der Waals surface area contributed by atoms with Gasteiger partial charge in [-0.3, -0.25) is 4.79 Å². The molecular formula is C10H15N5O4. The number of hydrogen-bond acceptors (Lipinski definition) is 6. The van der Waals surface area contributed by atoms with Crippen LogP contribution in [0.1, 0.15) is 23.5 Å². The third-order valence-electron chi connectivity index (χ3n) is 2.91. The number of aliphatic carboxylic acids is 1. The largest absolute Gasteiger partial charge is 0.480 e. The zero-order valence-electron chi connectivity index (χ0n) is 10.3. The van der Waals surface area contributed by atoms with Gasteiger partial charge in [0.25, 0.3) is 5.91 Å². The van der Waals surface area contributed by atoms with E-state index in [0.717, 1.165) is 13.1 Å². The number of carbonyl (C=O) groups excluding carboxylic acids is 1. The molecule has 1 aliphatic rings. The fraction of sp³-hybridized carbons (Fsp3) is 0.600. The molecule has 0 spiro atoms. The Hall–Kier alpha value is -2.00. The summed E-state index contributed by atoms with van der Waals surface area (Å²) in [6.07, 6.45) is 0.259. The molecule has 2 rings (SSSR count). The monoisotopic (exact) mass is 269 g/mol. The summed E-state index contributed by atoms with van der Waals surface area (Å²) in [5.41, 5.74) is 0.0267. The van der Waals surface area contributed by atoms with E-state index in [9.17, 15) is 14.7 Å². The average Bonchev–Trinajstić information content (AvgIpc) is 2.71. The lowest BCUT2D eigenvalue weighted by molar-refractivity contribution is -0.141. The predicted octanol–water partition coefficient (Wildman–Crippen LogP) is -2.01. The quantitative estimate of drug-likeness (QED) is 0.486. The number of nitrogens with one attached hydrogen (secondary N) is 2. The Labute approximate surface area is 108 Å². The molecule has 0 aliphatic carbocycles. The molecule has 0 radical (unpaired) electrons. The van der Waals surface area contributed by atoms with E-state index in [1.807, 2.05) is 0 Å². The third kappa shape index (κ3) is 2.88. The maximum Gasteiger partial charge on any atom is 0.328 e. The minimum absolute atomic E-state index is 0.0267. The summed E-state index contributed by atoms with van der Waals surface area (Å²) in [5.74, 6) is -1.98. The number of aliphatic hydroxyl groups excluding tert-OH is 1. The van der Waals surface area contributed by atoms with E-state index in [2.05, 4.69) is 20.9 Å². The summed E-state index contributed by atoms with van der Waals surface area (Å²) in [6, 6.07) is -1.20. The Kier molecular flexibility index (Phi) is 3.76. The number of nitrogens with zero attached hydrogens (tertiary/aromatic N) is 3. The van der Waals surface area contributed by atoms with E-state index in [1.165, 1.54) is 13.1 Å². The molecule has 9 heteroatoms. The molecule has 1 aromatic rings. The third-order valence-corrected chi connectivity index (χ3v) is 2.91. The van der Waals surface area contributed by atoms with Crippen LogP contribution in [0.4, 0.5) is 0 Å². The van der Waals surface area contributed by atoms with Gasteiger partial charge in [-0.25, -0.2) is 9.48 Å². The molecule has 104 valence electrons. The van der Waals surface area contributed by atoms with Gasteiger partial charge < -0.3 is 20.8 Å². The zero-order valence-corrected chi connectivity index (χ0v) is 10.3. The number of carboxylic acids is 1. The molecule has 1 saturated heterocycles. The molecule has 1 amide bonds. The first-order valence-corrected chi connectivity index (χ1v) is 5.83. The van der Waals surface area contributed by atoms with Crippen molar-refractivity contribution in [3.8, 4) is 0 Å². The van der Waals surface area contributed by atoms with Crippen molar-refractivity contribution in [2.45, 2.75) is 25.1 Å². The van der Waals surface area contributed by atoms with Gasteiger partial charge in [-0.1, -0.05) is 5.21 Å². The first-order valence-electron chi connectivity index (χ1n) is 5.83. The van der Waals surface area contributed by atoms with Crippen LogP contribution in [0.15, 0.2) is 6.20 Å². The standard InChI is InChI=1S/C10H15N5O4/c1-5(16)8(10(18)19)12-9(17)7-4-15(14-13-7)6-2-11-3-6/h4-6,8,11,16H,2-3H2,1H3,(H,12,17)(H,18,19)/t5-,8+/m1/s1. The Morgan fingerprint density at radius 1 is 1.58 bits per heavy atom. The minimum Gasteiger partial charge on any atom is -0.480 e. The maximum atomic E-state index is 11.8. The van der Waals surface area contributed by atoms with Crippen molar-refractivity contribution in [2.75, 3.05) is 13.1 Å². The summed E-state index contributed by atoms with van der Waals surface area (Å²) < 4.78 is 1.56. The molecule has 2 atom stereocenters. The number of aromatic nitrogens is 3. The van der Waals surface area contributed by atoms with Crippen LogP contribution in [0.25, 0.3) is 0 Å². The van der Waals surface area contributed by atoms with E-state index in [0.29, 0.717) is 0 Å². The molecule has 0 unspecified atom stereocenters. The Balaban J connectivity index is 2.02. The topological polar surface area (TPSA) is 129 Å². The van der Waals surface area contributed by atoms with Gasteiger partial charge in [-0.15, -0.1) is 5.10 Å². The van der Waals surface area contributed by atoms with Crippen molar-refractivity contribution in [1.82, 2.24) is 25.6 Å². The van der Waals surface area contributed by atoms with Gasteiger partial charge >= 0.3 is 5.97 Å². The lowest BCUT2D eigenvalue weighted by Gasteiger charge is -2.26. The van der Waals surface area contributed by atoms with Crippen LogP contribution in [0.2, 0.25) is 0 Å². The average molecular weight is 269 g/mol. The first kappa shape index (κ1) is 13.4. The van der Waals surface area contributed by atoms with Crippen LogP contribution in [0, 0.1) is 0 Å². The Bertz CT molecular complexity index is 482. The van der Waals surface area contributed by atoms with Crippen molar-refractivity contribution in [1.29, 1.82) is 0 Å². The van der Waals surface area contributed by atoms with Crippen molar-refractivity contribution in [2.24, 2.45) is 0 Å². The van der Waals surface area contributed by atoms with Crippen LogP contribution in [-0.2, 0) is 4.79 Å². The van der Waals surface area contributed by atoms with E-state index in [-0.39, 0.29) is 11.7 Å². The summed E-state index contributed by atoms with van der Waals surface area (Å²) >= 11 is 0. The Morgan fingerprint density at radius 3 is 2.74 bits per heavy atom. The SMILES string of the molecule is C[C@@H](O)[C@H](NC(=O)c1cn(C2CNC2)nn1)C(=O)O. The molecule has 19 heavy (non-hydrogen) atoms. The van der Waals surface area contributed by atoms with Gasteiger partial charge in [0, 0.05) is 13.1 Å². The zero-order chi connectivity index (χ0) is 14.0. The maximum absolute atomic E-state index is 11.8. The second kappa shape index (κ2) is 5.33. The molecule has 0 saturated carbocycles. The van der Waals surface area contributed by atoms with Crippen LogP contribution in [0.3, 0.4) is 0 Å². The van der Waals surface area contributed by atoms with Crippen LogP contribution < -0.4 is 10.6 Å². The number of carbonyl (C=O) groups is 2. The number of rotatable bonds is 5. The van der Waals surface area contributed by atoms with Crippen LogP contribution in [-0.4, -0.2) is 62.3 Å². The second-order valence-electron chi connectivity index (χ2n) is 4.43. The first-order chi connectivity index (χ1) is 8.99. The highest BCUT2D eigenvalue weighted by Gasteiger charge is 2.27. The lowest BCUT2D eigenvalue weighted by Crippen LogP contribution is -2.47. The fourth-order valence-electron chi connectivity index (χ4n) is 1.62. The molecule has 0 aromatic carbocycles. The van der Waals surface area contributed by atoms with E-state index in [4.69, 9.17) is 5.11 Å². The summed E-state index contributed by atoms with van der Waals surface area (Å²) in [6.45, 7) is 2.81. The number of amides is 1. The normalized spacial score (nSPS) is 18.4. The van der Waals surface area contributed by atoms with Crippen LogP contribution >= 0.6 is 0 Å². The smallest absolute Gasteiger partial charge is 0.328 e. The van der Waals surface area contributed by atoms with Crippen molar-refractivity contribution in [3.63, 3.8) is 0 Å². The highest BCUT2D eigenvalue weighted by atomic mass is 16.4. The van der Waals surface area contributed by atoms with Gasteiger partial charge in [0.15, 0.2) is 11.7 Å². The fourth-order valence-corrected chi connectivity index (χ4v) is 1.62. The second-order valence-corrected chi connectivity index (χ2v) is 4.43. The molecule has 1 fully saturated rings. The molecule has 0 bridgehead atoms. The van der Waals surface area contributed by atoms with Crippen molar-refractivity contribution >= 4 is 11.9 Å². The molecule has 2 heterocycles. The number of aliphatic hydroxyl groups is 1. The summed E-state index contributed by atoms with van der Waals surface area (Å²) in [7, 11) is 0. The van der Waals surface area contributed by atoms with Gasteiger partial charge in [-0.2, -0.15) is 0 Å². The van der Waals surface area contributed by atoms with Gasteiger partial charge in [0.1, 0.15) is 0 Å². The number of hydrogen-bond donors (Lipinski definition) is 4. The minimum atomic E-state index is -1.37. The molecular weight excluding hydrogens is 254 g/mol. The van der Waals surface area contributed by atoms with Crippen molar-refractivity contribution in [3.05, 3.63) is 11.9 Å². The van der Waals surface area contributed by atoms with E-state index < -0.39 is 24.0 Å². The highest BCUT2D eigenvalue weighted by molar-refractivity contribution is 5.94. The van der Waals surface area contributed by atoms with Gasteiger partial charge in [-0.05, 0) is 6.92 Å². The molecule has 4 N–H and O–H groups in total. The molecule has 1 aliphatic heterocycles. The van der Waals surface area contributed by atoms with E-state index in [1.54, 1.807) is 4.68 Å². The summed E-state index contributed by atoms with van der Waals surface area (Å²) in [4.78, 5) is 22.6.